The van der Waals surface area contributed by atoms with Crippen LogP contribution in [0.3, 0.4) is 0 Å². The van der Waals surface area contributed by atoms with Gasteiger partial charge in [0.1, 0.15) is 0 Å². The van der Waals surface area contributed by atoms with Crippen molar-refractivity contribution in [2.75, 3.05) is 38.6 Å². The van der Waals surface area contributed by atoms with E-state index in [1.54, 1.807) is 6.66 Å². The zero-order chi connectivity index (χ0) is 9.19. The summed E-state index contributed by atoms with van der Waals surface area (Å²) >= 11 is 0. The second-order valence-corrected chi connectivity index (χ2v) is 6.90. The Morgan fingerprint density at radius 3 is 2.42 bits per heavy atom. The first-order valence-corrected chi connectivity index (χ1v) is 6.52. The molecule has 0 spiro atoms. The standard InChI is InChI=1S/C7H14NO3P/c1-12(11)4-2-8(3-5-12)6-7(9)10/h2-6H2,1H3,(H,9,10). The van der Waals surface area contributed by atoms with Crippen LogP contribution in [-0.4, -0.2) is 54.6 Å². The number of hydrogen-bond acceptors (Lipinski definition) is 3. The maximum atomic E-state index is 11.5. The maximum absolute atomic E-state index is 11.5. The van der Waals surface area contributed by atoms with Crippen LogP contribution in [0.4, 0.5) is 0 Å². The van der Waals surface area contributed by atoms with Crippen LogP contribution in [0.15, 0.2) is 0 Å². The molecule has 0 saturated carbocycles. The van der Waals surface area contributed by atoms with E-state index in [1.807, 2.05) is 4.90 Å². The second-order valence-electron chi connectivity index (χ2n) is 3.41. The van der Waals surface area contributed by atoms with E-state index in [0.717, 1.165) is 0 Å². The fourth-order valence-electron chi connectivity index (χ4n) is 1.28. The minimum absolute atomic E-state index is 0.0833. The van der Waals surface area contributed by atoms with Crippen molar-refractivity contribution in [1.82, 2.24) is 4.90 Å². The Kier molecular flexibility index (Phi) is 2.91. The number of carbonyl (C=O) groups is 1. The van der Waals surface area contributed by atoms with Gasteiger partial charge < -0.3 is 9.67 Å². The van der Waals surface area contributed by atoms with Crippen molar-refractivity contribution in [1.29, 1.82) is 0 Å². The molecule has 0 aromatic heterocycles. The fourth-order valence-corrected chi connectivity index (χ4v) is 2.91. The number of aliphatic carboxylic acids is 1. The average Bonchev–Trinajstić information content (AvgIpc) is 1.93. The number of carboxylic acid groups (broad SMARTS) is 1. The third-order valence-corrected chi connectivity index (χ3v) is 4.43. The van der Waals surface area contributed by atoms with Gasteiger partial charge in [0.2, 0.25) is 0 Å². The highest BCUT2D eigenvalue weighted by atomic mass is 31.2. The van der Waals surface area contributed by atoms with Crippen molar-refractivity contribution in [3.63, 3.8) is 0 Å². The maximum Gasteiger partial charge on any atom is 0.317 e. The highest BCUT2D eigenvalue weighted by Gasteiger charge is 2.24. The topological polar surface area (TPSA) is 57.6 Å². The van der Waals surface area contributed by atoms with E-state index in [1.165, 1.54) is 0 Å². The molecule has 1 aliphatic rings. The molecule has 0 aromatic carbocycles. The Bertz CT molecular complexity index is 217. The summed E-state index contributed by atoms with van der Waals surface area (Å²) in [6, 6.07) is 0. The molecular formula is C7H14NO3P. The van der Waals surface area contributed by atoms with Crippen LogP contribution in [0.25, 0.3) is 0 Å². The summed E-state index contributed by atoms with van der Waals surface area (Å²) in [6.07, 6.45) is 1.33. The molecule has 0 aromatic rings. The highest BCUT2D eigenvalue weighted by Crippen LogP contribution is 2.42. The third kappa shape index (κ3) is 2.95. The third-order valence-electron chi connectivity index (χ3n) is 2.14. The molecule has 0 aliphatic carbocycles. The molecule has 1 N–H and O–H groups in total. The molecule has 1 fully saturated rings. The van der Waals surface area contributed by atoms with Crippen LogP contribution in [0.1, 0.15) is 0 Å². The number of rotatable bonds is 2. The van der Waals surface area contributed by atoms with E-state index in [2.05, 4.69) is 0 Å². The fraction of sp³-hybridized carbons (Fsp3) is 0.857. The highest BCUT2D eigenvalue weighted by molar-refractivity contribution is 7.63. The van der Waals surface area contributed by atoms with Crippen molar-refractivity contribution < 1.29 is 14.5 Å². The monoisotopic (exact) mass is 191 g/mol. The van der Waals surface area contributed by atoms with Crippen LogP contribution in [0, 0.1) is 0 Å². The molecule has 0 unspecified atom stereocenters. The first kappa shape index (κ1) is 9.75. The Labute approximate surface area is 71.9 Å². The van der Waals surface area contributed by atoms with Crippen LogP contribution in [0.2, 0.25) is 0 Å². The lowest BCUT2D eigenvalue weighted by molar-refractivity contribution is -0.138. The van der Waals surface area contributed by atoms with Crippen molar-refractivity contribution in [2.45, 2.75) is 0 Å². The lowest BCUT2D eigenvalue weighted by Gasteiger charge is -2.28. The number of nitrogens with zero attached hydrogens (tertiary/aromatic N) is 1. The smallest absolute Gasteiger partial charge is 0.317 e. The minimum Gasteiger partial charge on any atom is -0.480 e. The Morgan fingerprint density at radius 2 is 2.00 bits per heavy atom. The summed E-state index contributed by atoms with van der Waals surface area (Å²) in [7, 11) is -1.90. The van der Waals surface area contributed by atoms with E-state index >= 15 is 0 Å². The summed E-state index contributed by atoms with van der Waals surface area (Å²) in [6.45, 7) is 3.21. The Morgan fingerprint density at radius 1 is 1.50 bits per heavy atom. The van der Waals surface area contributed by atoms with E-state index in [9.17, 15) is 9.36 Å². The summed E-state index contributed by atoms with van der Waals surface area (Å²) in [5, 5.41) is 8.49. The molecule has 1 rings (SSSR count). The lowest BCUT2D eigenvalue weighted by atomic mass is 10.5. The molecule has 0 atom stereocenters. The molecule has 0 bridgehead atoms. The number of carboxylic acids is 1. The zero-order valence-corrected chi connectivity index (χ0v) is 8.09. The van der Waals surface area contributed by atoms with Crippen LogP contribution < -0.4 is 0 Å². The van der Waals surface area contributed by atoms with Gasteiger partial charge in [0.15, 0.2) is 0 Å². The van der Waals surface area contributed by atoms with Crippen LogP contribution >= 0.6 is 7.14 Å². The molecular weight excluding hydrogens is 177 g/mol. The normalized spacial score (nSPS) is 23.8. The van der Waals surface area contributed by atoms with Crippen molar-refractivity contribution in [3.8, 4) is 0 Å². The van der Waals surface area contributed by atoms with Crippen molar-refractivity contribution >= 4 is 13.1 Å². The van der Waals surface area contributed by atoms with E-state index < -0.39 is 13.1 Å². The summed E-state index contributed by atoms with van der Waals surface area (Å²) in [4.78, 5) is 12.2. The van der Waals surface area contributed by atoms with Crippen LogP contribution in [-0.2, 0) is 9.36 Å². The van der Waals surface area contributed by atoms with Crippen LogP contribution in [0.5, 0.6) is 0 Å². The second kappa shape index (κ2) is 3.58. The van der Waals surface area contributed by atoms with Gasteiger partial charge in [0, 0.05) is 25.4 Å². The van der Waals surface area contributed by atoms with Gasteiger partial charge >= 0.3 is 5.97 Å². The minimum atomic E-state index is -1.90. The molecule has 12 heavy (non-hydrogen) atoms. The van der Waals surface area contributed by atoms with E-state index in [0.29, 0.717) is 25.4 Å². The molecule has 1 aliphatic heterocycles. The molecule has 0 radical (unpaired) electrons. The van der Waals surface area contributed by atoms with Gasteiger partial charge in [-0.25, -0.2) is 0 Å². The van der Waals surface area contributed by atoms with E-state index in [4.69, 9.17) is 5.11 Å². The summed E-state index contributed by atoms with van der Waals surface area (Å²) in [5.74, 6) is -0.803. The first-order chi connectivity index (χ1) is 5.49. The van der Waals surface area contributed by atoms with Gasteiger partial charge in [0.25, 0.3) is 0 Å². The van der Waals surface area contributed by atoms with Crippen molar-refractivity contribution in [2.24, 2.45) is 0 Å². The van der Waals surface area contributed by atoms with Gasteiger partial charge in [-0.2, -0.15) is 0 Å². The molecule has 70 valence electrons. The van der Waals surface area contributed by atoms with Gasteiger partial charge in [-0.3, -0.25) is 9.69 Å². The SMILES string of the molecule is CP1(=O)CCN(CC(=O)O)CC1. The van der Waals surface area contributed by atoms with Gasteiger partial charge in [-0.15, -0.1) is 0 Å². The van der Waals surface area contributed by atoms with Gasteiger partial charge in [-0.1, -0.05) is 0 Å². The predicted molar refractivity (Wildman–Crippen MR) is 47.3 cm³/mol. The molecule has 5 heteroatoms. The van der Waals surface area contributed by atoms with Crippen molar-refractivity contribution in [3.05, 3.63) is 0 Å². The molecule has 1 saturated heterocycles. The Balaban J connectivity index is 2.36. The molecule has 1 heterocycles. The Hall–Kier alpha value is -0.340. The largest absolute Gasteiger partial charge is 0.480 e. The molecule has 4 nitrogen and oxygen atoms in total. The first-order valence-electron chi connectivity index (χ1n) is 3.99. The van der Waals surface area contributed by atoms with Gasteiger partial charge in [0.05, 0.1) is 13.7 Å². The zero-order valence-electron chi connectivity index (χ0n) is 7.19. The quantitative estimate of drug-likeness (QED) is 0.641. The summed E-state index contributed by atoms with van der Waals surface area (Å²) < 4.78 is 11.5. The lowest BCUT2D eigenvalue weighted by Crippen LogP contribution is -2.38. The number of hydrogen-bond donors (Lipinski definition) is 1. The average molecular weight is 191 g/mol. The molecule has 0 amide bonds. The van der Waals surface area contributed by atoms with E-state index in [-0.39, 0.29) is 6.54 Å². The summed E-state index contributed by atoms with van der Waals surface area (Å²) in [5.41, 5.74) is 0. The van der Waals surface area contributed by atoms with Gasteiger partial charge in [-0.05, 0) is 6.66 Å². The predicted octanol–water partition coefficient (Wildman–Crippen LogP) is 0.379.